The predicted molar refractivity (Wildman–Crippen MR) is 72.3 cm³/mol. The first-order chi connectivity index (χ1) is 9.63. The van der Waals surface area contributed by atoms with E-state index in [-0.39, 0.29) is 11.3 Å². The summed E-state index contributed by atoms with van der Waals surface area (Å²) in [6.07, 6.45) is 0. The van der Waals surface area contributed by atoms with E-state index in [1.54, 1.807) is 24.3 Å². The third-order valence-electron chi connectivity index (χ3n) is 2.62. The highest BCUT2D eigenvalue weighted by Crippen LogP contribution is 2.28. The number of nitrogens with one attached hydrogen (secondary N) is 1. The standard InChI is InChI=1S/C14H8N4O2/c15-8-10-1-4-12(5-2-10)17-13-6-3-11(9-16)7-14(13)18(19)20/h1-7,17H. The lowest BCUT2D eigenvalue weighted by Crippen LogP contribution is -1.97. The van der Waals surface area contributed by atoms with Crippen LogP contribution >= 0.6 is 0 Å². The van der Waals surface area contributed by atoms with Crippen molar-refractivity contribution in [1.29, 1.82) is 10.5 Å². The molecule has 0 saturated carbocycles. The Morgan fingerprint density at radius 2 is 1.60 bits per heavy atom. The molecule has 2 aromatic carbocycles. The maximum absolute atomic E-state index is 11.0. The number of anilines is 2. The summed E-state index contributed by atoms with van der Waals surface area (Å²) in [6, 6.07) is 14.6. The number of rotatable bonds is 3. The summed E-state index contributed by atoms with van der Waals surface area (Å²) in [5.41, 5.74) is 1.47. The van der Waals surface area contributed by atoms with Crippen molar-refractivity contribution in [2.75, 3.05) is 5.32 Å². The molecule has 2 rings (SSSR count). The molecule has 96 valence electrons. The fourth-order valence-electron chi connectivity index (χ4n) is 1.64. The number of nitrogens with zero attached hydrogens (tertiary/aromatic N) is 3. The lowest BCUT2D eigenvalue weighted by atomic mass is 10.1. The summed E-state index contributed by atoms with van der Waals surface area (Å²) < 4.78 is 0. The Hall–Kier alpha value is -3.38. The second-order valence-corrected chi connectivity index (χ2v) is 3.91. The SMILES string of the molecule is N#Cc1ccc(Nc2ccc(C#N)cc2[N+](=O)[O-])cc1. The van der Waals surface area contributed by atoms with Crippen LogP contribution in [0, 0.1) is 32.8 Å². The zero-order valence-corrected chi connectivity index (χ0v) is 10.2. The molecule has 6 nitrogen and oxygen atoms in total. The van der Waals surface area contributed by atoms with Crippen LogP contribution in [0.4, 0.5) is 17.1 Å². The van der Waals surface area contributed by atoms with E-state index < -0.39 is 4.92 Å². The van der Waals surface area contributed by atoms with Crippen molar-refractivity contribution in [3.8, 4) is 12.1 Å². The smallest absolute Gasteiger partial charge is 0.293 e. The topological polar surface area (TPSA) is 103 Å². The summed E-state index contributed by atoms with van der Waals surface area (Å²) in [5, 5.41) is 31.4. The molecule has 0 aliphatic heterocycles. The minimum atomic E-state index is -0.549. The first-order valence-corrected chi connectivity index (χ1v) is 5.60. The molecule has 0 spiro atoms. The summed E-state index contributed by atoms with van der Waals surface area (Å²) >= 11 is 0. The van der Waals surface area contributed by atoms with Gasteiger partial charge < -0.3 is 5.32 Å². The van der Waals surface area contributed by atoms with E-state index in [1.807, 2.05) is 12.1 Å². The van der Waals surface area contributed by atoms with Crippen molar-refractivity contribution in [3.63, 3.8) is 0 Å². The first-order valence-electron chi connectivity index (χ1n) is 5.60. The fraction of sp³-hybridized carbons (Fsp3) is 0. The van der Waals surface area contributed by atoms with Gasteiger partial charge in [0.15, 0.2) is 0 Å². The Bertz CT molecular complexity index is 739. The van der Waals surface area contributed by atoms with Crippen molar-refractivity contribution in [2.24, 2.45) is 0 Å². The van der Waals surface area contributed by atoms with Gasteiger partial charge in [-0.2, -0.15) is 10.5 Å². The molecule has 0 bridgehead atoms. The molecule has 0 amide bonds. The average Bonchev–Trinajstić information content (AvgIpc) is 2.48. The second kappa shape index (κ2) is 5.51. The van der Waals surface area contributed by atoms with Crippen molar-refractivity contribution in [1.82, 2.24) is 0 Å². The molecular weight excluding hydrogens is 256 g/mol. The Labute approximate surface area is 114 Å². The van der Waals surface area contributed by atoms with Crippen LogP contribution in [0.3, 0.4) is 0 Å². The molecule has 0 aromatic heterocycles. The van der Waals surface area contributed by atoms with Gasteiger partial charge in [0.25, 0.3) is 5.69 Å². The van der Waals surface area contributed by atoms with Gasteiger partial charge in [-0.3, -0.25) is 10.1 Å². The van der Waals surface area contributed by atoms with Gasteiger partial charge in [-0.15, -0.1) is 0 Å². The zero-order chi connectivity index (χ0) is 14.5. The Morgan fingerprint density at radius 1 is 1.00 bits per heavy atom. The molecule has 0 unspecified atom stereocenters. The van der Waals surface area contributed by atoms with Crippen LogP contribution in [0.2, 0.25) is 0 Å². The Balaban J connectivity index is 2.35. The highest BCUT2D eigenvalue weighted by Gasteiger charge is 2.14. The third kappa shape index (κ3) is 2.71. The summed E-state index contributed by atoms with van der Waals surface area (Å²) in [5.74, 6) is 0. The Kier molecular flexibility index (Phi) is 3.60. The van der Waals surface area contributed by atoms with Gasteiger partial charge in [-0.25, -0.2) is 0 Å². The highest BCUT2D eigenvalue weighted by molar-refractivity contribution is 5.71. The normalized spacial score (nSPS) is 9.30. The van der Waals surface area contributed by atoms with Gasteiger partial charge in [-0.1, -0.05) is 0 Å². The van der Waals surface area contributed by atoms with E-state index in [1.165, 1.54) is 18.2 Å². The molecule has 2 aromatic rings. The van der Waals surface area contributed by atoms with Crippen LogP contribution < -0.4 is 5.32 Å². The summed E-state index contributed by atoms with van der Waals surface area (Å²) in [7, 11) is 0. The van der Waals surface area contributed by atoms with Gasteiger partial charge in [0.2, 0.25) is 0 Å². The fourth-order valence-corrected chi connectivity index (χ4v) is 1.64. The zero-order valence-electron chi connectivity index (χ0n) is 10.2. The van der Waals surface area contributed by atoms with E-state index >= 15 is 0 Å². The number of benzene rings is 2. The molecule has 0 fully saturated rings. The number of hydrogen-bond donors (Lipinski definition) is 1. The van der Waals surface area contributed by atoms with E-state index in [4.69, 9.17) is 10.5 Å². The Morgan fingerprint density at radius 3 is 2.15 bits per heavy atom. The molecule has 0 aliphatic rings. The quantitative estimate of drug-likeness (QED) is 0.677. The van der Waals surface area contributed by atoms with E-state index in [9.17, 15) is 10.1 Å². The number of nitro groups is 1. The molecule has 1 N–H and O–H groups in total. The lowest BCUT2D eigenvalue weighted by Gasteiger charge is -2.07. The largest absolute Gasteiger partial charge is 0.350 e. The minimum absolute atomic E-state index is 0.173. The lowest BCUT2D eigenvalue weighted by molar-refractivity contribution is -0.383. The van der Waals surface area contributed by atoms with Gasteiger partial charge >= 0.3 is 0 Å². The molecule has 0 heterocycles. The van der Waals surface area contributed by atoms with E-state index in [2.05, 4.69) is 5.32 Å². The molecule has 0 aliphatic carbocycles. The molecule has 20 heavy (non-hydrogen) atoms. The van der Waals surface area contributed by atoms with Gasteiger partial charge in [-0.05, 0) is 36.4 Å². The van der Waals surface area contributed by atoms with Crippen LogP contribution in [0.25, 0.3) is 0 Å². The van der Waals surface area contributed by atoms with Crippen LogP contribution in [-0.2, 0) is 0 Å². The maximum atomic E-state index is 11.0. The van der Waals surface area contributed by atoms with E-state index in [0.29, 0.717) is 16.9 Å². The summed E-state index contributed by atoms with van der Waals surface area (Å²) in [4.78, 5) is 10.4. The van der Waals surface area contributed by atoms with Gasteiger partial charge in [0.1, 0.15) is 5.69 Å². The third-order valence-corrected chi connectivity index (χ3v) is 2.62. The molecular formula is C14H8N4O2. The number of hydrogen-bond acceptors (Lipinski definition) is 5. The first kappa shape index (κ1) is 13.1. The summed E-state index contributed by atoms with van der Waals surface area (Å²) in [6.45, 7) is 0. The molecule has 0 atom stereocenters. The van der Waals surface area contributed by atoms with Crippen molar-refractivity contribution >= 4 is 17.1 Å². The van der Waals surface area contributed by atoms with Gasteiger partial charge in [0, 0.05) is 11.8 Å². The predicted octanol–water partition coefficient (Wildman–Crippen LogP) is 3.08. The van der Waals surface area contributed by atoms with Crippen LogP contribution in [0.1, 0.15) is 11.1 Å². The van der Waals surface area contributed by atoms with Crippen molar-refractivity contribution in [2.45, 2.75) is 0 Å². The molecule has 0 saturated heterocycles. The molecule has 0 radical (unpaired) electrons. The number of nitriles is 2. The minimum Gasteiger partial charge on any atom is -0.350 e. The monoisotopic (exact) mass is 264 g/mol. The van der Waals surface area contributed by atoms with Crippen LogP contribution in [0.15, 0.2) is 42.5 Å². The van der Waals surface area contributed by atoms with Crippen molar-refractivity contribution < 1.29 is 4.92 Å². The van der Waals surface area contributed by atoms with Crippen LogP contribution in [0.5, 0.6) is 0 Å². The van der Waals surface area contributed by atoms with E-state index in [0.717, 1.165) is 0 Å². The number of nitro benzene ring substituents is 1. The highest BCUT2D eigenvalue weighted by atomic mass is 16.6. The second-order valence-electron chi connectivity index (χ2n) is 3.91. The van der Waals surface area contributed by atoms with Gasteiger partial charge in [0.05, 0.1) is 28.2 Å². The molecule has 6 heteroatoms. The van der Waals surface area contributed by atoms with Crippen molar-refractivity contribution in [3.05, 3.63) is 63.7 Å². The average molecular weight is 264 g/mol. The van der Waals surface area contributed by atoms with Crippen LogP contribution in [-0.4, -0.2) is 4.92 Å². The maximum Gasteiger partial charge on any atom is 0.293 e.